The molecule has 1 amide bonds. The van der Waals surface area contributed by atoms with Gasteiger partial charge in [-0.2, -0.15) is 0 Å². The number of carbonyl (C=O) groups is 2. The lowest BCUT2D eigenvalue weighted by atomic mass is 9.93. The van der Waals surface area contributed by atoms with E-state index in [1.54, 1.807) is 6.07 Å². The van der Waals surface area contributed by atoms with Crippen LogP contribution < -0.4 is 9.47 Å². The number of fused-ring (bicyclic) bond motifs is 1. The van der Waals surface area contributed by atoms with Gasteiger partial charge in [-0.05, 0) is 42.7 Å². The molecular weight excluding hydrogens is 360 g/mol. The van der Waals surface area contributed by atoms with Crippen molar-refractivity contribution >= 4 is 11.9 Å². The zero-order valence-electron chi connectivity index (χ0n) is 15.5. The van der Waals surface area contributed by atoms with Crippen LogP contribution in [0.5, 0.6) is 11.5 Å². The highest BCUT2D eigenvalue weighted by Crippen LogP contribution is 2.34. The largest absolute Gasteiger partial charge is 0.477 e. The molecular formula is C21H22N2O5. The molecule has 0 radical (unpaired) electrons. The van der Waals surface area contributed by atoms with E-state index in [9.17, 15) is 14.7 Å². The molecule has 1 N–H and O–H groups in total. The third-order valence-corrected chi connectivity index (χ3v) is 5.29. The topological polar surface area (TPSA) is 89.0 Å². The average molecular weight is 382 g/mol. The zero-order chi connectivity index (χ0) is 19.5. The monoisotopic (exact) mass is 382 g/mol. The van der Waals surface area contributed by atoms with Gasteiger partial charge in [0.25, 0.3) is 5.91 Å². The molecule has 1 aromatic heterocycles. The fraction of sp³-hybridized carbons (Fsp3) is 0.381. The van der Waals surface area contributed by atoms with Crippen LogP contribution in [0.3, 0.4) is 0 Å². The maximum Gasteiger partial charge on any atom is 0.354 e. The van der Waals surface area contributed by atoms with Gasteiger partial charge >= 0.3 is 5.97 Å². The molecule has 1 fully saturated rings. The van der Waals surface area contributed by atoms with Crippen molar-refractivity contribution in [3.63, 3.8) is 0 Å². The number of carboxylic acid groups (broad SMARTS) is 1. The van der Waals surface area contributed by atoms with Crippen LogP contribution in [0.4, 0.5) is 0 Å². The van der Waals surface area contributed by atoms with Gasteiger partial charge in [0.2, 0.25) is 6.79 Å². The number of pyridine rings is 1. The number of aromatic nitrogens is 1. The van der Waals surface area contributed by atoms with Gasteiger partial charge in [-0.3, -0.25) is 4.79 Å². The van der Waals surface area contributed by atoms with Gasteiger partial charge in [-0.15, -0.1) is 0 Å². The third kappa shape index (κ3) is 3.78. The molecule has 0 bridgehead atoms. The molecule has 1 aromatic carbocycles. The lowest BCUT2D eigenvalue weighted by Crippen LogP contribution is -2.41. The summed E-state index contributed by atoms with van der Waals surface area (Å²) in [6.07, 6.45) is 6.64. The second kappa shape index (κ2) is 7.88. The summed E-state index contributed by atoms with van der Waals surface area (Å²) in [5.74, 6) is 0.0780. The molecule has 2 aromatic rings. The van der Waals surface area contributed by atoms with Gasteiger partial charge in [0.1, 0.15) is 5.69 Å². The molecule has 28 heavy (non-hydrogen) atoms. The van der Waals surface area contributed by atoms with E-state index in [1.807, 2.05) is 23.1 Å². The van der Waals surface area contributed by atoms with Crippen LogP contribution in [0.2, 0.25) is 0 Å². The van der Waals surface area contributed by atoms with Crippen LogP contribution in [0.25, 0.3) is 0 Å². The Morgan fingerprint density at radius 1 is 1.07 bits per heavy atom. The number of rotatable bonds is 5. The molecule has 1 aliphatic carbocycles. The summed E-state index contributed by atoms with van der Waals surface area (Å²) >= 11 is 0. The number of hydrogen-bond donors (Lipinski definition) is 1. The zero-order valence-corrected chi connectivity index (χ0v) is 15.5. The van der Waals surface area contributed by atoms with E-state index in [4.69, 9.17) is 9.47 Å². The van der Waals surface area contributed by atoms with Crippen molar-refractivity contribution in [3.05, 3.63) is 53.3 Å². The number of nitrogens with zero attached hydrogens (tertiary/aromatic N) is 2. The van der Waals surface area contributed by atoms with E-state index in [1.165, 1.54) is 18.7 Å². The molecule has 7 heteroatoms. The van der Waals surface area contributed by atoms with Crippen molar-refractivity contribution < 1.29 is 24.2 Å². The summed E-state index contributed by atoms with van der Waals surface area (Å²) in [6, 6.07) is 8.75. The van der Waals surface area contributed by atoms with Crippen molar-refractivity contribution in [3.8, 4) is 11.5 Å². The number of carboxylic acids is 1. The minimum absolute atomic E-state index is 0.127. The van der Waals surface area contributed by atoms with Crippen LogP contribution in [-0.4, -0.2) is 39.7 Å². The van der Waals surface area contributed by atoms with E-state index in [-0.39, 0.29) is 24.4 Å². The van der Waals surface area contributed by atoms with Gasteiger partial charge in [0.05, 0.1) is 0 Å². The van der Waals surface area contributed by atoms with Gasteiger partial charge in [-0.1, -0.05) is 25.3 Å². The smallest absolute Gasteiger partial charge is 0.354 e. The first kappa shape index (κ1) is 18.3. The van der Waals surface area contributed by atoms with Gasteiger partial charge in [0.15, 0.2) is 11.5 Å². The van der Waals surface area contributed by atoms with Crippen molar-refractivity contribution in [1.29, 1.82) is 0 Å². The van der Waals surface area contributed by atoms with E-state index >= 15 is 0 Å². The van der Waals surface area contributed by atoms with Crippen molar-refractivity contribution in [2.75, 3.05) is 6.79 Å². The number of carbonyl (C=O) groups excluding carboxylic acids is 1. The lowest BCUT2D eigenvalue weighted by Gasteiger charge is -2.34. The summed E-state index contributed by atoms with van der Waals surface area (Å²) in [7, 11) is 0. The molecule has 4 rings (SSSR count). The Morgan fingerprint density at radius 3 is 2.64 bits per heavy atom. The summed E-state index contributed by atoms with van der Waals surface area (Å²) in [4.78, 5) is 30.2. The van der Waals surface area contributed by atoms with E-state index < -0.39 is 5.97 Å². The number of ether oxygens (including phenoxy) is 2. The number of aromatic carboxylic acids is 1. The molecule has 0 spiro atoms. The van der Waals surface area contributed by atoms with Gasteiger partial charge in [-0.25, -0.2) is 9.78 Å². The average Bonchev–Trinajstić information content (AvgIpc) is 3.20. The second-order valence-electron chi connectivity index (χ2n) is 7.15. The fourth-order valence-electron chi connectivity index (χ4n) is 3.84. The third-order valence-electron chi connectivity index (χ3n) is 5.29. The maximum absolute atomic E-state index is 13.3. The minimum Gasteiger partial charge on any atom is -0.477 e. The Labute approximate surface area is 162 Å². The van der Waals surface area contributed by atoms with Gasteiger partial charge < -0.3 is 19.5 Å². The van der Waals surface area contributed by atoms with E-state index in [2.05, 4.69) is 4.98 Å². The Kier molecular flexibility index (Phi) is 5.14. The van der Waals surface area contributed by atoms with Crippen molar-refractivity contribution in [2.24, 2.45) is 0 Å². The first-order valence-electron chi connectivity index (χ1n) is 9.50. The standard InChI is InChI=1S/C21H22N2O5/c24-20(15-8-9-22-17(11-15)21(25)26)23(16-4-2-1-3-5-16)12-14-6-7-18-19(10-14)28-13-27-18/h6-11,16H,1-5,12-13H2,(H,25,26). The molecule has 1 aliphatic heterocycles. The summed E-state index contributed by atoms with van der Waals surface area (Å²) in [6.45, 7) is 0.643. The quantitative estimate of drug-likeness (QED) is 0.852. The molecule has 1 saturated carbocycles. The van der Waals surface area contributed by atoms with Crippen LogP contribution in [0, 0.1) is 0 Å². The summed E-state index contributed by atoms with van der Waals surface area (Å²) < 4.78 is 10.8. The minimum atomic E-state index is -1.14. The molecule has 0 unspecified atom stereocenters. The molecule has 2 aliphatic rings. The van der Waals surface area contributed by atoms with Crippen molar-refractivity contribution in [2.45, 2.75) is 44.7 Å². The lowest BCUT2D eigenvalue weighted by molar-refractivity contribution is 0.0614. The molecule has 2 heterocycles. The first-order valence-corrected chi connectivity index (χ1v) is 9.50. The second-order valence-corrected chi connectivity index (χ2v) is 7.15. The highest BCUT2D eigenvalue weighted by atomic mass is 16.7. The van der Waals surface area contributed by atoms with Crippen molar-refractivity contribution in [1.82, 2.24) is 9.88 Å². The van der Waals surface area contributed by atoms with E-state index in [0.717, 1.165) is 31.2 Å². The van der Waals surface area contributed by atoms with Crippen LogP contribution in [-0.2, 0) is 6.54 Å². The summed E-state index contributed by atoms with van der Waals surface area (Å²) in [5.41, 5.74) is 1.17. The molecule has 0 atom stereocenters. The first-order chi connectivity index (χ1) is 13.6. The normalized spacial score (nSPS) is 16.0. The Bertz CT molecular complexity index is 892. The number of amides is 1. The maximum atomic E-state index is 13.3. The Balaban J connectivity index is 1.62. The SMILES string of the molecule is O=C(O)c1cc(C(=O)N(Cc2ccc3c(c2)OCO3)C2CCCCC2)ccn1. The van der Waals surface area contributed by atoms with E-state index in [0.29, 0.717) is 23.6 Å². The predicted octanol–water partition coefficient (Wildman–Crippen LogP) is 3.48. The Hall–Kier alpha value is -3.09. The number of hydrogen-bond acceptors (Lipinski definition) is 5. The van der Waals surface area contributed by atoms with Crippen LogP contribution in [0.15, 0.2) is 36.5 Å². The predicted molar refractivity (Wildman–Crippen MR) is 101 cm³/mol. The highest BCUT2D eigenvalue weighted by Gasteiger charge is 2.27. The van der Waals surface area contributed by atoms with Crippen LogP contribution >= 0.6 is 0 Å². The summed E-state index contributed by atoms with van der Waals surface area (Å²) in [5, 5.41) is 9.19. The fourth-order valence-corrected chi connectivity index (χ4v) is 3.84. The molecule has 7 nitrogen and oxygen atoms in total. The number of benzene rings is 1. The van der Waals surface area contributed by atoms with Crippen LogP contribution in [0.1, 0.15) is 58.5 Å². The highest BCUT2D eigenvalue weighted by molar-refractivity contribution is 5.96. The molecule has 146 valence electrons. The molecule has 0 saturated heterocycles. The Morgan fingerprint density at radius 2 is 1.86 bits per heavy atom. The van der Waals surface area contributed by atoms with Gasteiger partial charge in [0, 0.05) is 24.3 Å².